The average Bonchev–Trinajstić information content (AvgIpc) is 2.96. The molecule has 3 rings (SSSR count). The summed E-state index contributed by atoms with van der Waals surface area (Å²) in [7, 11) is 0. The predicted octanol–water partition coefficient (Wildman–Crippen LogP) is 2.05. The second-order valence-corrected chi connectivity index (χ2v) is 4.43. The third-order valence-electron chi connectivity index (χ3n) is 2.85. The normalized spacial score (nSPS) is 13.9. The maximum atomic E-state index is 11.8. The molecule has 2 aromatic heterocycles. The van der Waals surface area contributed by atoms with Gasteiger partial charge in [-0.3, -0.25) is 9.78 Å². The average molecular weight is 280 g/mol. The van der Waals surface area contributed by atoms with E-state index in [1.165, 1.54) is 12.3 Å². The Kier molecular flexibility index (Phi) is 3.18. The molecule has 0 atom stereocenters. The number of carbonyl (C=O) groups excluding carboxylic acids is 1. The second kappa shape index (κ2) is 4.99. The molecule has 1 aliphatic rings. The van der Waals surface area contributed by atoms with Gasteiger partial charge in [0.2, 0.25) is 0 Å². The van der Waals surface area contributed by atoms with E-state index in [0.717, 1.165) is 17.7 Å². The third kappa shape index (κ3) is 2.32. The summed E-state index contributed by atoms with van der Waals surface area (Å²) in [6.45, 7) is 1.05. The number of pyridine rings is 1. The fourth-order valence-corrected chi connectivity index (χ4v) is 2.13. The van der Waals surface area contributed by atoms with Crippen molar-refractivity contribution < 1.29 is 14.1 Å². The van der Waals surface area contributed by atoms with E-state index in [4.69, 9.17) is 16.3 Å². The lowest BCUT2D eigenvalue weighted by molar-refractivity contribution is 0.101. The molecule has 0 unspecified atom stereocenters. The topological polar surface area (TPSA) is 77.2 Å². The van der Waals surface area contributed by atoms with Gasteiger partial charge in [0.25, 0.3) is 5.91 Å². The lowest BCUT2D eigenvalue weighted by atomic mass is 10.1. The van der Waals surface area contributed by atoms with E-state index in [-0.39, 0.29) is 5.69 Å². The molecule has 6 nitrogen and oxygen atoms in total. The van der Waals surface area contributed by atoms with E-state index >= 15 is 0 Å². The number of amides is 1. The number of hydrogen-bond donors (Lipinski definition) is 1. The maximum Gasteiger partial charge on any atom is 0.277 e. The zero-order valence-electron chi connectivity index (χ0n) is 9.85. The number of aromatic nitrogens is 2. The van der Waals surface area contributed by atoms with Crippen LogP contribution in [0.4, 0.5) is 5.69 Å². The molecule has 19 heavy (non-hydrogen) atoms. The van der Waals surface area contributed by atoms with Crippen molar-refractivity contribution in [1.82, 2.24) is 10.1 Å². The van der Waals surface area contributed by atoms with Crippen molar-refractivity contribution in [3.8, 4) is 0 Å². The molecule has 0 saturated heterocycles. The molecule has 0 bridgehead atoms. The van der Waals surface area contributed by atoms with Crippen molar-refractivity contribution in [2.75, 3.05) is 11.9 Å². The SMILES string of the molecule is O=C(Nc1cnc2c(c1Cl)COCC2)c1ccon1. The van der Waals surface area contributed by atoms with Crippen LogP contribution in [0.25, 0.3) is 0 Å². The molecule has 7 heteroatoms. The summed E-state index contributed by atoms with van der Waals surface area (Å²) in [5, 5.41) is 6.67. The number of nitrogens with zero attached hydrogens (tertiary/aromatic N) is 2. The molecule has 3 heterocycles. The van der Waals surface area contributed by atoms with Crippen LogP contribution >= 0.6 is 11.6 Å². The molecule has 0 aliphatic carbocycles. The third-order valence-corrected chi connectivity index (χ3v) is 3.28. The number of nitrogens with one attached hydrogen (secondary N) is 1. The molecule has 0 fully saturated rings. The Morgan fingerprint density at radius 3 is 3.16 bits per heavy atom. The lowest BCUT2D eigenvalue weighted by Gasteiger charge is -2.18. The Balaban J connectivity index is 1.87. The first-order chi connectivity index (χ1) is 9.25. The number of fused-ring (bicyclic) bond motifs is 1. The van der Waals surface area contributed by atoms with Crippen LogP contribution in [0.2, 0.25) is 5.02 Å². The monoisotopic (exact) mass is 279 g/mol. The quantitative estimate of drug-likeness (QED) is 0.910. The van der Waals surface area contributed by atoms with Gasteiger partial charge in [-0.2, -0.15) is 0 Å². The van der Waals surface area contributed by atoms with E-state index in [0.29, 0.717) is 23.9 Å². The van der Waals surface area contributed by atoms with Gasteiger partial charge in [0.1, 0.15) is 6.26 Å². The van der Waals surface area contributed by atoms with Gasteiger partial charge in [0.05, 0.1) is 30.1 Å². The van der Waals surface area contributed by atoms with Crippen LogP contribution in [0.1, 0.15) is 21.7 Å². The zero-order chi connectivity index (χ0) is 13.2. The largest absolute Gasteiger partial charge is 0.376 e. The Labute approximate surface area is 113 Å². The Morgan fingerprint density at radius 1 is 1.47 bits per heavy atom. The molecule has 0 radical (unpaired) electrons. The molecule has 1 N–H and O–H groups in total. The predicted molar refractivity (Wildman–Crippen MR) is 67.1 cm³/mol. The van der Waals surface area contributed by atoms with E-state index < -0.39 is 5.91 Å². The van der Waals surface area contributed by atoms with Gasteiger partial charge in [-0.1, -0.05) is 16.8 Å². The van der Waals surface area contributed by atoms with Gasteiger partial charge >= 0.3 is 0 Å². The summed E-state index contributed by atoms with van der Waals surface area (Å²) in [4.78, 5) is 16.1. The minimum atomic E-state index is -0.394. The van der Waals surface area contributed by atoms with Gasteiger partial charge in [0.15, 0.2) is 5.69 Å². The molecule has 0 aromatic carbocycles. The summed E-state index contributed by atoms with van der Waals surface area (Å²) in [6, 6.07) is 1.47. The molecule has 1 amide bonds. The standard InChI is InChI=1S/C12H10ClN3O3/c13-11-7-6-18-3-1-8(7)14-5-10(11)15-12(17)9-2-4-19-16-9/h2,4-5H,1,3,6H2,(H,15,17). The summed E-state index contributed by atoms with van der Waals surface area (Å²) in [5.41, 5.74) is 2.37. The fourth-order valence-electron chi connectivity index (χ4n) is 1.87. The van der Waals surface area contributed by atoms with Crippen LogP contribution < -0.4 is 5.32 Å². The van der Waals surface area contributed by atoms with Gasteiger partial charge in [-0.05, 0) is 0 Å². The molecular weight excluding hydrogens is 270 g/mol. The number of hydrogen-bond acceptors (Lipinski definition) is 5. The Bertz CT molecular complexity index is 613. The number of carbonyl (C=O) groups is 1. The Morgan fingerprint density at radius 2 is 2.37 bits per heavy atom. The summed E-state index contributed by atoms with van der Waals surface area (Å²) >= 11 is 6.25. The highest BCUT2D eigenvalue weighted by Gasteiger charge is 2.19. The van der Waals surface area contributed by atoms with Crippen molar-refractivity contribution in [1.29, 1.82) is 0 Å². The van der Waals surface area contributed by atoms with Crippen LogP contribution in [0.15, 0.2) is 23.0 Å². The van der Waals surface area contributed by atoms with Gasteiger partial charge in [-0.25, -0.2) is 0 Å². The summed E-state index contributed by atoms with van der Waals surface area (Å²) in [5.74, 6) is -0.394. The first-order valence-corrected chi connectivity index (χ1v) is 6.09. The molecule has 0 saturated carbocycles. The summed E-state index contributed by atoms with van der Waals surface area (Å²) in [6.07, 6.45) is 3.60. The number of anilines is 1. The second-order valence-electron chi connectivity index (χ2n) is 4.05. The number of rotatable bonds is 2. The molecule has 98 valence electrons. The van der Waals surface area contributed by atoms with Gasteiger partial charge < -0.3 is 14.6 Å². The number of ether oxygens (including phenoxy) is 1. The van der Waals surface area contributed by atoms with E-state index in [1.54, 1.807) is 6.20 Å². The van der Waals surface area contributed by atoms with Crippen molar-refractivity contribution in [2.45, 2.75) is 13.0 Å². The minimum absolute atomic E-state index is 0.185. The smallest absolute Gasteiger partial charge is 0.277 e. The van der Waals surface area contributed by atoms with Crippen molar-refractivity contribution >= 4 is 23.2 Å². The molecular formula is C12H10ClN3O3. The number of halogens is 1. The summed E-state index contributed by atoms with van der Waals surface area (Å²) < 4.78 is 9.96. The van der Waals surface area contributed by atoms with E-state index in [9.17, 15) is 4.79 Å². The van der Waals surface area contributed by atoms with Crippen LogP contribution in [0.5, 0.6) is 0 Å². The van der Waals surface area contributed by atoms with Crippen LogP contribution in [0.3, 0.4) is 0 Å². The van der Waals surface area contributed by atoms with Gasteiger partial charge in [0, 0.05) is 23.7 Å². The van der Waals surface area contributed by atoms with E-state index in [1.807, 2.05) is 0 Å². The highest BCUT2D eigenvalue weighted by atomic mass is 35.5. The zero-order valence-corrected chi connectivity index (χ0v) is 10.6. The Hall–Kier alpha value is -1.92. The molecule has 1 aliphatic heterocycles. The maximum absolute atomic E-state index is 11.8. The van der Waals surface area contributed by atoms with E-state index in [2.05, 4.69) is 20.0 Å². The van der Waals surface area contributed by atoms with Crippen LogP contribution in [0, 0.1) is 0 Å². The van der Waals surface area contributed by atoms with Crippen molar-refractivity contribution in [2.24, 2.45) is 0 Å². The first-order valence-electron chi connectivity index (χ1n) is 5.71. The van der Waals surface area contributed by atoms with Crippen molar-refractivity contribution in [3.63, 3.8) is 0 Å². The van der Waals surface area contributed by atoms with Crippen molar-refractivity contribution in [3.05, 3.63) is 40.5 Å². The van der Waals surface area contributed by atoms with Gasteiger partial charge in [-0.15, -0.1) is 0 Å². The molecule has 2 aromatic rings. The highest BCUT2D eigenvalue weighted by Crippen LogP contribution is 2.30. The highest BCUT2D eigenvalue weighted by molar-refractivity contribution is 6.34. The lowest BCUT2D eigenvalue weighted by Crippen LogP contribution is -2.16. The molecule has 0 spiro atoms. The first kappa shape index (κ1) is 12.1. The van der Waals surface area contributed by atoms with Crippen LogP contribution in [-0.4, -0.2) is 22.7 Å². The fraction of sp³-hybridized carbons (Fsp3) is 0.250. The van der Waals surface area contributed by atoms with Crippen LogP contribution in [-0.2, 0) is 17.8 Å². The minimum Gasteiger partial charge on any atom is -0.376 e.